The van der Waals surface area contributed by atoms with Gasteiger partial charge in [-0.2, -0.15) is 0 Å². The number of hydrogen-bond donors (Lipinski definition) is 0. The summed E-state index contributed by atoms with van der Waals surface area (Å²) in [4.78, 5) is 21.3. The molecular formula is C9H11N3O. The van der Waals surface area contributed by atoms with E-state index in [9.17, 15) is 4.79 Å². The average Bonchev–Trinajstić information content (AvgIpc) is 2.71. The summed E-state index contributed by atoms with van der Waals surface area (Å²) < 4.78 is 0. The summed E-state index contributed by atoms with van der Waals surface area (Å²) in [6.07, 6.45) is 5.38. The van der Waals surface area contributed by atoms with Crippen molar-refractivity contribution in [3.05, 3.63) is 24.3 Å². The molecule has 2 heterocycles. The van der Waals surface area contributed by atoms with E-state index in [2.05, 4.69) is 9.97 Å². The number of rotatable bonds is 1. The van der Waals surface area contributed by atoms with Crippen LogP contribution in [0.5, 0.6) is 0 Å². The number of aromatic nitrogens is 2. The number of hydrogen-bond acceptors (Lipinski definition) is 3. The minimum atomic E-state index is -0.0434. The fraction of sp³-hybridized carbons (Fsp3) is 0.444. The second-order valence-corrected chi connectivity index (χ2v) is 3.07. The minimum absolute atomic E-state index is 0.0434. The van der Waals surface area contributed by atoms with E-state index >= 15 is 0 Å². The van der Waals surface area contributed by atoms with Crippen LogP contribution in [0.25, 0.3) is 0 Å². The van der Waals surface area contributed by atoms with E-state index in [1.807, 2.05) is 0 Å². The van der Waals surface area contributed by atoms with Crippen molar-refractivity contribution < 1.29 is 4.79 Å². The van der Waals surface area contributed by atoms with Crippen LogP contribution in [-0.2, 0) is 0 Å². The zero-order chi connectivity index (χ0) is 9.10. The third-order valence-corrected chi connectivity index (χ3v) is 2.15. The molecule has 1 aromatic rings. The van der Waals surface area contributed by atoms with Crippen LogP contribution in [0.3, 0.4) is 0 Å². The Kier molecular flexibility index (Phi) is 2.21. The van der Waals surface area contributed by atoms with Crippen molar-refractivity contribution in [1.82, 2.24) is 14.9 Å². The number of carbonyl (C=O) groups excluding carboxylic acids is 1. The molecule has 0 aromatic carbocycles. The lowest BCUT2D eigenvalue weighted by atomic mass is 10.4. The Hall–Kier alpha value is -1.45. The van der Waals surface area contributed by atoms with Gasteiger partial charge in [0, 0.05) is 25.5 Å². The molecule has 1 fully saturated rings. The maximum absolute atomic E-state index is 11.6. The van der Waals surface area contributed by atoms with Crippen molar-refractivity contribution in [3.63, 3.8) is 0 Å². The van der Waals surface area contributed by atoms with Crippen LogP contribution in [0.1, 0.15) is 23.5 Å². The molecule has 0 unspecified atom stereocenters. The van der Waals surface area contributed by atoms with Crippen molar-refractivity contribution in [3.8, 4) is 0 Å². The monoisotopic (exact) mass is 177 g/mol. The molecule has 0 radical (unpaired) electrons. The van der Waals surface area contributed by atoms with Gasteiger partial charge in [0.2, 0.25) is 5.82 Å². The van der Waals surface area contributed by atoms with Crippen LogP contribution in [0.4, 0.5) is 0 Å². The van der Waals surface area contributed by atoms with Crippen LogP contribution < -0.4 is 0 Å². The predicted molar refractivity (Wildman–Crippen MR) is 47.2 cm³/mol. The third kappa shape index (κ3) is 1.66. The molecule has 1 amide bonds. The Morgan fingerprint density at radius 2 is 1.85 bits per heavy atom. The Morgan fingerprint density at radius 3 is 2.46 bits per heavy atom. The van der Waals surface area contributed by atoms with Gasteiger partial charge in [-0.15, -0.1) is 0 Å². The molecule has 0 N–H and O–H groups in total. The average molecular weight is 177 g/mol. The molecule has 4 heteroatoms. The standard InChI is InChI=1S/C9H11N3O/c13-9(12-6-1-2-7-12)8-10-4-3-5-11-8/h3-5H,1-2,6-7H2. The normalized spacial score (nSPS) is 16.2. The molecule has 0 spiro atoms. The molecule has 2 rings (SSSR count). The fourth-order valence-corrected chi connectivity index (χ4v) is 1.47. The first-order valence-corrected chi connectivity index (χ1v) is 4.44. The molecule has 1 aliphatic heterocycles. The van der Waals surface area contributed by atoms with Gasteiger partial charge >= 0.3 is 0 Å². The highest BCUT2D eigenvalue weighted by Crippen LogP contribution is 2.09. The molecule has 1 saturated heterocycles. The van der Waals surface area contributed by atoms with Crippen molar-refractivity contribution >= 4 is 5.91 Å². The number of amides is 1. The summed E-state index contributed by atoms with van der Waals surface area (Å²) in [5.74, 6) is 0.266. The first kappa shape index (κ1) is 8.16. The van der Waals surface area contributed by atoms with Gasteiger partial charge < -0.3 is 4.90 Å². The Bertz CT molecular complexity index is 293. The maximum Gasteiger partial charge on any atom is 0.291 e. The lowest BCUT2D eigenvalue weighted by Crippen LogP contribution is -2.29. The van der Waals surface area contributed by atoms with Gasteiger partial charge in [-0.1, -0.05) is 0 Å². The van der Waals surface area contributed by atoms with Crippen molar-refractivity contribution in [2.24, 2.45) is 0 Å². The highest BCUT2D eigenvalue weighted by Gasteiger charge is 2.20. The Labute approximate surface area is 76.6 Å². The molecule has 0 aliphatic carbocycles. The molecule has 1 aromatic heterocycles. The van der Waals surface area contributed by atoms with E-state index in [-0.39, 0.29) is 5.91 Å². The predicted octanol–water partition coefficient (Wildman–Crippen LogP) is 0.713. The van der Waals surface area contributed by atoms with Crippen LogP contribution in [0.2, 0.25) is 0 Å². The maximum atomic E-state index is 11.6. The van der Waals surface area contributed by atoms with Gasteiger partial charge in [0.1, 0.15) is 0 Å². The quantitative estimate of drug-likeness (QED) is 0.634. The lowest BCUT2D eigenvalue weighted by Gasteiger charge is -2.12. The van der Waals surface area contributed by atoms with Crippen molar-refractivity contribution in [2.45, 2.75) is 12.8 Å². The van der Waals surface area contributed by atoms with Gasteiger partial charge in [0.05, 0.1) is 0 Å². The summed E-state index contributed by atoms with van der Waals surface area (Å²) in [5, 5.41) is 0. The fourth-order valence-electron chi connectivity index (χ4n) is 1.47. The molecular weight excluding hydrogens is 166 g/mol. The van der Waals surface area contributed by atoms with Crippen molar-refractivity contribution in [2.75, 3.05) is 13.1 Å². The van der Waals surface area contributed by atoms with Gasteiger partial charge in [0.25, 0.3) is 5.91 Å². The first-order valence-electron chi connectivity index (χ1n) is 4.44. The summed E-state index contributed by atoms with van der Waals surface area (Å²) in [5.41, 5.74) is 0. The SMILES string of the molecule is O=C(c1ncccn1)N1CCCC1. The van der Waals surface area contributed by atoms with Crippen LogP contribution in [-0.4, -0.2) is 33.9 Å². The molecule has 0 atom stereocenters. The van der Waals surface area contributed by atoms with Gasteiger partial charge in [-0.05, 0) is 18.9 Å². The van der Waals surface area contributed by atoms with E-state index in [0.717, 1.165) is 25.9 Å². The smallest absolute Gasteiger partial charge is 0.291 e. The number of carbonyl (C=O) groups is 1. The minimum Gasteiger partial charge on any atom is -0.336 e. The first-order chi connectivity index (χ1) is 6.38. The summed E-state index contributed by atoms with van der Waals surface area (Å²) in [6, 6.07) is 1.71. The molecule has 0 bridgehead atoms. The Morgan fingerprint density at radius 1 is 1.23 bits per heavy atom. The highest BCUT2D eigenvalue weighted by molar-refractivity contribution is 5.90. The van der Waals surface area contributed by atoms with Gasteiger partial charge in [0.15, 0.2) is 0 Å². The van der Waals surface area contributed by atoms with E-state index in [0.29, 0.717) is 5.82 Å². The summed E-state index contributed by atoms with van der Waals surface area (Å²) in [6.45, 7) is 1.69. The zero-order valence-corrected chi connectivity index (χ0v) is 7.31. The van der Waals surface area contributed by atoms with E-state index in [4.69, 9.17) is 0 Å². The van der Waals surface area contributed by atoms with E-state index in [1.54, 1.807) is 23.4 Å². The molecule has 1 aliphatic rings. The second-order valence-electron chi connectivity index (χ2n) is 3.07. The molecule has 13 heavy (non-hydrogen) atoms. The molecule has 0 saturated carbocycles. The highest BCUT2D eigenvalue weighted by atomic mass is 16.2. The van der Waals surface area contributed by atoms with Gasteiger partial charge in [-0.3, -0.25) is 4.79 Å². The van der Waals surface area contributed by atoms with Gasteiger partial charge in [-0.25, -0.2) is 9.97 Å². The summed E-state index contributed by atoms with van der Waals surface area (Å²) >= 11 is 0. The lowest BCUT2D eigenvalue weighted by molar-refractivity contribution is 0.0780. The zero-order valence-electron chi connectivity index (χ0n) is 7.31. The van der Waals surface area contributed by atoms with Crippen LogP contribution in [0, 0.1) is 0 Å². The third-order valence-electron chi connectivity index (χ3n) is 2.15. The number of nitrogens with zero attached hydrogens (tertiary/aromatic N) is 3. The van der Waals surface area contributed by atoms with E-state index in [1.165, 1.54) is 0 Å². The Balaban J connectivity index is 2.13. The molecule has 4 nitrogen and oxygen atoms in total. The van der Waals surface area contributed by atoms with Crippen LogP contribution >= 0.6 is 0 Å². The largest absolute Gasteiger partial charge is 0.336 e. The number of likely N-dealkylation sites (tertiary alicyclic amines) is 1. The molecule has 68 valence electrons. The topological polar surface area (TPSA) is 46.1 Å². The van der Waals surface area contributed by atoms with Crippen molar-refractivity contribution in [1.29, 1.82) is 0 Å². The summed E-state index contributed by atoms with van der Waals surface area (Å²) in [7, 11) is 0. The van der Waals surface area contributed by atoms with Crippen LogP contribution in [0.15, 0.2) is 18.5 Å². The van der Waals surface area contributed by atoms with E-state index < -0.39 is 0 Å². The second kappa shape index (κ2) is 3.51.